The molecule has 0 aliphatic heterocycles. The number of rotatable bonds is 7. The molecule has 0 fully saturated rings. The first-order valence-corrected chi connectivity index (χ1v) is 7.72. The Labute approximate surface area is 136 Å². The standard InChI is InChI=1S/C16H27N3O4/c1-11(2)9-13(15(21)23-6)19-10-12(7-8-17(3)4)14(20)18(5)16(19)22/h10-11,13H,7-9H2,1-6H3/t13-/m0/s1. The van der Waals surface area contributed by atoms with Gasteiger partial charge >= 0.3 is 11.7 Å². The van der Waals surface area contributed by atoms with Crippen molar-refractivity contribution in [2.75, 3.05) is 27.7 Å². The number of aromatic nitrogens is 2. The average Bonchev–Trinajstić information content (AvgIpc) is 2.49. The first kappa shape index (κ1) is 19.2. The number of hydrogen-bond acceptors (Lipinski definition) is 5. The van der Waals surface area contributed by atoms with E-state index in [0.29, 0.717) is 24.9 Å². The van der Waals surface area contributed by atoms with Gasteiger partial charge in [-0.15, -0.1) is 0 Å². The van der Waals surface area contributed by atoms with E-state index in [4.69, 9.17) is 4.74 Å². The second-order valence-corrected chi connectivity index (χ2v) is 6.43. The van der Waals surface area contributed by atoms with Gasteiger partial charge in [-0.3, -0.25) is 13.9 Å². The van der Waals surface area contributed by atoms with Crippen LogP contribution in [0.4, 0.5) is 0 Å². The van der Waals surface area contributed by atoms with E-state index in [0.717, 1.165) is 4.57 Å². The maximum Gasteiger partial charge on any atom is 0.331 e. The summed E-state index contributed by atoms with van der Waals surface area (Å²) in [5.74, 6) is -0.272. The maximum atomic E-state index is 12.4. The molecule has 7 heteroatoms. The smallest absolute Gasteiger partial charge is 0.331 e. The van der Waals surface area contributed by atoms with E-state index in [2.05, 4.69) is 0 Å². The summed E-state index contributed by atoms with van der Waals surface area (Å²) in [4.78, 5) is 38.7. The number of ether oxygens (including phenoxy) is 1. The Morgan fingerprint density at radius 3 is 2.39 bits per heavy atom. The molecule has 0 bridgehead atoms. The van der Waals surface area contributed by atoms with Crippen molar-refractivity contribution in [2.24, 2.45) is 13.0 Å². The second kappa shape index (κ2) is 8.10. The van der Waals surface area contributed by atoms with Crippen LogP contribution in [0.1, 0.15) is 31.9 Å². The lowest BCUT2D eigenvalue weighted by molar-refractivity contribution is -0.145. The Hall–Kier alpha value is -1.89. The van der Waals surface area contributed by atoms with Gasteiger partial charge < -0.3 is 9.64 Å². The summed E-state index contributed by atoms with van der Waals surface area (Å²) in [5, 5.41) is 0. The first-order valence-electron chi connectivity index (χ1n) is 7.72. The van der Waals surface area contributed by atoms with Crippen molar-refractivity contribution in [1.82, 2.24) is 14.0 Å². The Morgan fingerprint density at radius 1 is 1.30 bits per heavy atom. The molecule has 0 aromatic carbocycles. The molecule has 0 saturated heterocycles. The number of carbonyl (C=O) groups excluding carboxylic acids is 1. The largest absolute Gasteiger partial charge is 0.467 e. The van der Waals surface area contributed by atoms with Crippen LogP contribution >= 0.6 is 0 Å². The lowest BCUT2D eigenvalue weighted by Gasteiger charge is -2.21. The molecule has 1 aromatic heterocycles. The van der Waals surface area contributed by atoms with E-state index in [1.807, 2.05) is 32.8 Å². The number of carbonyl (C=O) groups is 1. The fourth-order valence-corrected chi connectivity index (χ4v) is 2.40. The van der Waals surface area contributed by atoms with Gasteiger partial charge in [0.25, 0.3) is 5.56 Å². The molecular weight excluding hydrogens is 298 g/mol. The fraction of sp³-hybridized carbons (Fsp3) is 0.688. The molecule has 1 rings (SSSR count). The van der Waals surface area contributed by atoms with Crippen molar-refractivity contribution < 1.29 is 9.53 Å². The molecule has 0 radical (unpaired) electrons. The van der Waals surface area contributed by atoms with Crippen LogP contribution in [-0.2, 0) is 23.0 Å². The summed E-state index contributed by atoms with van der Waals surface area (Å²) in [6, 6.07) is -0.725. The highest BCUT2D eigenvalue weighted by molar-refractivity contribution is 5.74. The number of hydrogen-bond donors (Lipinski definition) is 0. The summed E-state index contributed by atoms with van der Waals surface area (Å²) in [7, 11) is 6.56. The first-order chi connectivity index (χ1) is 10.7. The third kappa shape index (κ3) is 4.79. The van der Waals surface area contributed by atoms with Gasteiger partial charge in [0.1, 0.15) is 6.04 Å². The summed E-state index contributed by atoms with van der Waals surface area (Å²) >= 11 is 0. The highest BCUT2D eigenvalue weighted by Crippen LogP contribution is 2.17. The molecule has 1 heterocycles. The molecule has 0 aliphatic carbocycles. The van der Waals surface area contributed by atoms with Crippen LogP contribution in [0.2, 0.25) is 0 Å². The highest BCUT2D eigenvalue weighted by atomic mass is 16.5. The molecule has 0 unspecified atom stereocenters. The van der Waals surface area contributed by atoms with Gasteiger partial charge in [-0.25, -0.2) is 9.59 Å². The van der Waals surface area contributed by atoms with Crippen LogP contribution in [0.25, 0.3) is 0 Å². The molecular formula is C16H27N3O4. The second-order valence-electron chi connectivity index (χ2n) is 6.43. The molecule has 0 aliphatic rings. The summed E-state index contributed by atoms with van der Waals surface area (Å²) in [5.41, 5.74) is -0.306. The lowest BCUT2D eigenvalue weighted by Crippen LogP contribution is -2.43. The monoisotopic (exact) mass is 325 g/mol. The van der Waals surface area contributed by atoms with Crippen LogP contribution < -0.4 is 11.2 Å². The van der Waals surface area contributed by atoms with E-state index in [9.17, 15) is 14.4 Å². The Kier molecular flexibility index (Phi) is 6.75. The van der Waals surface area contributed by atoms with Crippen LogP contribution in [0.5, 0.6) is 0 Å². The number of likely N-dealkylation sites (N-methyl/N-ethyl adjacent to an activating group) is 1. The SMILES string of the molecule is COC(=O)[C@H](CC(C)C)n1cc(CCN(C)C)c(=O)n(C)c1=O. The average molecular weight is 325 g/mol. The van der Waals surface area contributed by atoms with Crippen LogP contribution in [-0.4, -0.2) is 47.8 Å². The molecule has 0 saturated carbocycles. The molecule has 7 nitrogen and oxygen atoms in total. The van der Waals surface area contributed by atoms with Gasteiger partial charge in [0, 0.05) is 25.4 Å². The molecule has 1 atom stereocenters. The van der Waals surface area contributed by atoms with Gasteiger partial charge in [-0.05, 0) is 32.9 Å². The van der Waals surface area contributed by atoms with Gasteiger partial charge in [-0.2, -0.15) is 0 Å². The zero-order valence-corrected chi connectivity index (χ0v) is 14.8. The minimum absolute atomic E-state index is 0.202. The third-order valence-corrected chi connectivity index (χ3v) is 3.71. The molecule has 0 amide bonds. The number of nitrogens with zero attached hydrogens (tertiary/aromatic N) is 3. The van der Waals surface area contributed by atoms with Gasteiger partial charge in [0.15, 0.2) is 0 Å². The summed E-state index contributed by atoms with van der Waals surface area (Å²) in [6.07, 6.45) is 2.49. The Bertz CT molecular complexity index is 658. The number of esters is 1. The third-order valence-electron chi connectivity index (χ3n) is 3.71. The van der Waals surface area contributed by atoms with Crippen molar-refractivity contribution in [1.29, 1.82) is 0 Å². The topological polar surface area (TPSA) is 73.5 Å². The van der Waals surface area contributed by atoms with Crippen molar-refractivity contribution in [3.63, 3.8) is 0 Å². The van der Waals surface area contributed by atoms with Crippen molar-refractivity contribution in [2.45, 2.75) is 32.7 Å². The van der Waals surface area contributed by atoms with E-state index >= 15 is 0 Å². The zero-order valence-electron chi connectivity index (χ0n) is 14.8. The molecule has 0 N–H and O–H groups in total. The summed E-state index contributed by atoms with van der Waals surface area (Å²) < 4.78 is 7.22. The molecule has 0 spiro atoms. The molecule has 130 valence electrons. The van der Waals surface area contributed by atoms with Crippen molar-refractivity contribution in [3.8, 4) is 0 Å². The highest BCUT2D eigenvalue weighted by Gasteiger charge is 2.25. The van der Waals surface area contributed by atoms with Crippen LogP contribution in [0.15, 0.2) is 15.8 Å². The minimum Gasteiger partial charge on any atom is -0.467 e. The van der Waals surface area contributed by atoms with Crippen molar-refractivity contribution >= 4 is 5.97 Å². The van der Waals surface area contributed by atoms with Gasteiger partial charge in [0.05, 0.1) is 7.11 Å². The summed E-state index contributed by atoms with van der Waals surface area (Å²) in [6.45, 7) is 4.62. The predicted molar refractivity (Wildman–Crippen MR) is 88.7 cm³/mol. The van der Waals surface area contributed by atoms with Gasteiger partial charge in [0.2, 0.25) is 0 Å². The zero-order chi connectivity index (χ0) is 17.7. The molecule has 1 aromatic rings. The van der Waals surface area contributed by atoms with Crippen molar-refractivity contribution in [3.05, 3.63) is 32.6 Å². The van der Waals surface area contributed by atoms with Crippen LogP contribution in [0, 0.1) is 5.92 Å². The van der Waals surface area contributed by atoms with Crippen LogP contribution in [0.3, 0.4) is 0 Å². The predicted octanol–water partition coefficient (Wildman–Crippen LogP) is 0.411. The van der Waals surface area contributed by atoms with Gasteiger partial charge in [-0.1, -0.05) is 13.8 Å². The minimum atomic E-state index is -0.725. The maximum absolute atomic E-state index is 12.4. The van der Waals surface area contributed by atoms with E-state index in [1.54, 1.807) is 0 Å². The lowest BCUT2D eigenvalue weighted by atomic mass is 10.0. The fourth-order valence-electron chi connectivity index (χ4n) is 2.40. The Balaban J connectivity index is 3.40. The number of methoxy groups -OCH3 is 1. The molecule has 23 heavy (non-hydrogen) atoms. The van der Waals surface area contributed by atoms with E-state index < -0.39 is 17.7 Å². The Morgan fingerprint density at radius 2 is 1.91 bits per heavy atom. The quantitative estimate of drug-likeness (QED) is 0.679. The van der Waals surface area contributed by atoms with E-state index in [-0.39, 0.29) is 11.5 Å². The van der Waals surface area contributed by atoms with E-state index in [1.165, 1.54) is 24.9 Å². The normalized spacial score (nSPS) is 12.7.